The van der Waals surface area contributed by atoms with Crippen LogP contribution in [0.25, 0.3) is 15.9 Å². The predicted molar refractivity (Wildman–Crippen MR) is 104 cm³/mol. The van der Waals surface area contributed by atoms with Crippen molar-refractivity contribution in [2.24, 2.45) is 5.92 Å². The zero-order valence-electron chi connectivity index (χ0n) is 15.3. The van der Waals surface area contributed by atoms with Gasteiger partial charge in [0.25, 0.3) is 5.91 Å². The Morgan fingerprint density at radius 3 is 2.78 bits per heavy atom. The average molecular weight is 383 g/mol. The highest BCUT2D eigenvalue weighted by Gasteiger charge is 2.29. The molecule has 140 valence electrons. The molecule has 0 unspecified atom stereocenters. The van der Waals surface area contributed by atoms with E-state index in [0.717, 1.165) is 34.4 Å². The van der Waals surface area contributed by atoms with Crippen LogP contribution < -0.4 is 5.32 Å². The summed E-state index contributed by atoms with van der Waals surface area (Å²) in [5.41, 5.74) is 1.78. The Kier molecular flexibility index (Phi) is 4.70. The van der Waals surface area contributed by atoms with E-state index in [2.05, 4.69) is 10.4 Å². The van der Waals surface area contributed by atoms with Gasteiger partial charge in [0.05, 0.1) is 11.4 Å². The molecule has 0 aliphatic heterocycles. The van der Waals surface area contributed by atoms with Gasteiger partial charge in [-0.25, -0.2) is 9.48 Å². The van der Waals surface area contributed by atoms with Gasteiger partial charge in [-0.2, -0.15) is 5.10 Å². The van der Waals surface area contributed by atoms with Crippen LogP contribution in [-0.2, 0) is 9.53 Å². The topological polar surface area (TPSA) is 73.2 Å². The third kappa shape index (κ3) is 3.73. The number of nitrogens with zero attached hydrogens (tertiary/aromatic N) is 2. The van der Waals surface area contributed by atoms with Crippen LogP contribution in [0.2, 0.25) is 0 Å². The average Bonchev–Trinajstić information content (AvgIpc) is 3.36. The molecule has 2 aromatic heterocycles. The molecule has 0 radical (unpaired) electrons. The number of aromatic nitrogens is 2. The van der Waals surface area contributed by atoms with Crippen LogP contribution in [0.4, 0.5) is 0 Å². The van der Waals surface area contributed by atoms with Crippen molar-refractivity contribution in [3.8, 4) is 5.69 Å². The summed E-state index contributed by atoms with van der Waals surface area (Å²) in [7, 11) is 0. The maximum Gasteiger partial charge on any atom is 0.348 e. The molecule has 3 aromatic rings. The number of carbonyl (C=O) groups excluding carboxylic acids is 2. The number of aryl methyl sites for hydroxylation is 1. The smallest absolute Gasteiger partial charge is 0.348 e. The molecule has 1 aliphatic rings. The van der Waals surface area contributed by atoms with E-state index in [1.54, 1.807) is 6.07 Å². The standard InChI is InChI=1S/C20H21N3O3S/c1-12(14-8-9-14)21-18(24)11-26-20(25)17-10-16-13(2)22-23(19(16)27-17)15-6-4-3-5-7-15/h3-7,10,12,14H,8-9,11H2,1-2H3,(H,21,24)/t12-/m1/s1. The van der Waals surface area contributed by atoms with Gasteiger partial charge in [0, 0.05) is 11.4 Å². The number of rotatable bonds is 6. The number of hydrogen-bond acceptors (Lipinski definition) is 5. The summed E-state index contributed by atoms with van der Waals surface area (Å²) in [6.07, 6.45) is 2.31. The number of para-hydroxylation sites is 1. The van der Waals surface area contributed by atoms with Crippen molar-refractivity contribution in [3.05, 3.63) is 47.0 Å². The minimum Gasteiger partial charge on any atom is -0.451 e. The van der Waals surface area contributed by atoms with Gasteiger partial charge in [0.1, 0.15) is 9.71 Å². The van der Waals surface area contributed by atoms with Gasteiger partial charge in [-0.15, -0.1) is 11.3 Å². The Morgan fingerprint density at radius 1 is 1.33 bits per heavy atom. The predicted octanol–water partition coefficient (Wildman–Crippen LogP) is 3.47. The van der Waals surface area contributed by atoms with Crippen molar-refractivity contribution in [2.45, 2.75) is 32.7 Å². The van der Waals surface area contributed by atoms with E-state index < -0.39 is 5.97 Å². The number of benzene rings is 1. The van der Waals surface area contributed by atoms with Crippen LogP contribution in [0.15, 0.2) is 36.4 Å². The lowest BCUT2D eigenvalue weighted by Gasteiger charge is -2.12. The van der Waals surface area contributed by atoms with Gasteiger partial charge in [-0.05, 0) is 50.8 Å². The van der Waals surface area contributed by atoms with E-state index in [9.17, 15) is 9.59 Å². The fourth-order valence-corrected chi connectivity index (χ4v) is 4.18. The molecule has 0 spiro atoms. The molecule has 27 heavy (non-hydrogen) atoms. The van der Waals surface area contributed by atoms with E-state index >= 15 is 0 Å². The summed E-state index contributed by atoms with van der Waals surface area (Å²) in [5.74, 6) is -0.170. The SMILES string of the molecule is Cc1nn(-c2ccccc2)c2sc(C(=O)OCC(=O)N[C@H](C)C3CC3)cc12. The van der Waals surface area contributed by atoms with E-state index in [-0.39, 0.29) is 18.6 Å². The van der Waals surface area contributed by atoms with E-state index in [0.29, 0.717) is 10.8 Å². The fourth-order valence-electron chi connectivity index (χ4n) is 3.10. The quantitative estimate of drug-likeness (QED) is 0.662. The second kappa shape index (κ2) is 7.15. The van der Waals surface area contributed by atoms with Crippen LogP contribution in [0.5, 0.6) is 0 Å². The highest BCUT2D eigenvalue weighted by Crippen LogP contribution is 2.32. The number of hydrogen-bond donors (Lipinski definition) is 1. The van der Waals surface area contributed by atoms with Crippen LogP contribution >= 0.6 is 11.3 Å². The normalized spacial score (nSPS) is 14.9. The molecule has 1 N–H and O–H groups in total. The number of esters is 1. The molecule has 2 heterocycles. The Balaban J connectivity index is 1.47. The van der Waals surface area contributed by atoms with Crippen LogP contribution in [0.3, 0.4) is 0 Å². The summed E-state index contributed by atoms with van der Waals surface area (Å²) in [5, 5.41) is 8.36. The maximum atomic E-state index is 12.4. The van der Waals surface area contributed by atoms with E-state index in [1.807, 2.05) is 48.9 Å². The Morgan fingerprint density at radius 2 is 2.07 bits per heavy atom. The fraction of sp³-hybridized carbons (Fsp3) is 0.350. The molecule has 0 bridgehead atoms. The molecule has 1 saturated carbocycles. The first-order valence-corrected chi connectivity index (χ1v) is 9.85. The van der Waals surface area contributed by atoms with Crippen molar-refractivity contribution < 1.29 is 14.3 Å². The van der Waals surface area contributed by atoms with Crippen molar-refractivity contribution >= 4 is 33.4 Å². The first kappa shape index (κ1) is 17.7. The van der Waals surface area contributed by atoms with Crippen molar-refractivity contribution in [3.63, 3.8) is 0 Å². The molecule has 7 heteroatoms. The van der Waals surface area contributed by atoms with E-state index in [4.69, 9.17) is 4.74 Å². The molecule has 6 nitrogen and oxygen atoms in total. The summed E-state index contributed by atoms with van der Waals surface area (Å²) >= 11 is 1.32. The number of ether oxygens (including phenoxy) is 1. The zero-order valence-corrected chi connectivity index (χ0v) is 16.1. The Hall–Kier alpha value is -2.67. The number of carbonyl (C=O) groups is 2. The molecule has 1 aliphatic carbocycles. The minimum atomic E-state index is -0.482. The third-order valence-corrected chi connectivity index (χ3v) is 5.89. The van der Waals surface area contributed by atoms with Crippen molar-refractivity contribution in [2.75, 3.05) is 6.61 Å². The Labute approximate surface area is 161 Å². The molecular weight excluding hydrogens is 362 g/mol. The molecule has 1 fully saturated rings. The van der Waals surface area contributed by atoms with Gasteiger partial charge in [-0.3, -0.25) is 4.79 Å². The summed E-state index contributed by atoms with van der Waals surface area (Å²) in [4.78, 5) is 25.7. The first-order valence-electron chi connectivity index (χ1n) is 9.04. The van der Waals surface area contributed by atoms with Gasteiger partial charge in [0.2, 0.25) is 0 Å². The van der Waals surface area contributed by atoms with Crippen molar-refractivity contribution in [1.29, 1.82) is 0 Å². The lowest BCUT2D eigenvalue weighted by Crippen LogP contribution is -2.37. The van der Waals surface area contributed by atoms with E-state index in [1.165, 1.54) is 11.3 Å². The summed E-state index contributed by atoms with van der Waals surface area (Å²) in [6, 6.07) is 11.7. The maximum absolute atomic E-state index is 12.4. The highest BCUT2D eigenvalue weighted by atomic mass is 32.1. The molecule has 0 saturated heterocycles. The van der Waals surface area contributed by atoms with Crippen molar-refractivity contribution in [1.82, 2.24) is 15.1 Å². The van der Waals surface area contributed by atoms with Crippen LogP contribution in [0, 0.1) is 12.8 Å². The number of nitrogens with one attached hydrogen (secondary N) is 1. The van der Waals surface area contributed by atoms with Gasteiger partial charge in [-0.1, -0.05) is 18.2 Å². The number of amides is 1. The highest BCUT2D eigenvalue weighted by molar-refractivity contribution is 7.20. The van der Waals surface area contributed by atoms with Crippen LogP contribution in [0.1, 0.15) is 35.1 Å². The second-order valence-corrected chi connectivity index (χ2v) is 7.96. The number of thiophene rings is 1. The monoisotopic (exact) mass is 383 g/mol. The Bertz CT molecular complexity index is 989. The third-order valence-electron chi connectivity index (χ3n) is 4.80. The van der Waals surface area contributed by atoms with Crippen LogP contribution in [-0.4, -0.2) is 34.3 Å². The first-order chi connectivity index (χ1) is 13.0. The molecule has 1 amide bonds. The second-order valence-electron chi connectivity index (χ2n) is 6.93. The summed E-state index contributed by atoms with van der Waals surface area (Å²) in [6.45, 7) is 3.64. The molecule has 4 rings (SSSR count). The molecule has 1 atom stereocenters. The van der Waals surface area contributed by atoms with Gasteiger partial charge in [0.15, 0.2) is 6.61 Å². The van der Waals surface area contributed by atoms with Gasteiger partial charge >= 0.3 is 5.97 Å². The molecular formula is C20H21N3O3S. The van der Waals surface area contributed by atoms with Gasteiger partial charge < -0.3 is 10.1 Å². The zero-order chi connectivity index (χ0) is 19.0. The molecule has 1 aromatic carbocycles. The lowest BCUT2D eigenvalue weighted by atomic mass is 10.2. The largest absolute Gasteiger partial charge is 0.451 e. The summed E-state index contributed by atoms with van der Waals surface area (Å²) < 4.78 is 7.03. The minimum absolute atomic E-state index is 0.139. The lowest BCUT2D eigenvalue weighted by molar-refractivity contribution is -0.124. The number of fused-ring (bicyclic) bond motifs is 1.